The monoisotopic (exact) mass is 280 g/mol. The Hall–Kier alpha value is -2.55. The number of rotatable bonds is 5. The lowest BCUT2D eigenvalue weighted by Crippen LogP contribution is -2.41. The van der Waals surface area contributed by atoms with Crippen molar-refractivity contribution in [1.29, 1.82) is 0 Å². The molecule has 0 fully saturated rings. The van der Waals surface area contributed by atoms with Crippen LogP contribution in [0, 0.1) is 0 Å². The third kappa shape index (κ3) is 2.68. The van der Waals surface area contributed by atoms with Crippen LogP contribution >= 0.6 is 0 Å². The molecule has 0 bridgehead atoms. The summed E-state index contributed by atoms with van der Waals surface area (Å²) in [5, 5.41) is 0. The van der Waals surface area contributed by atoms with Crippen LogP contribution in [0.4, 0.5) is 0 Å². The molecule has 3 nitrogen and oxygen atoms in total. The minimum atomic E-state index is -1.16. The summed E-state index contributed by atoms with van der Waals surface area (Å²) in [7, 11) is 0. The molecule has 21 heavy (non-hydrogen) atoms. The average Bonchev–Trinajstić information content (AvgIpc) is 2.54. The molecule has 2 aromatic carbocycles. The fourth-order valence-corrected chi connectivity index (χ4v) is 2.36. The maximum Gasteiger partial charge on any atom is 0.265 e. The maximum absolute atomic E-state index is 12.6. The predicted molar refractivity (Wildman–Crippen MR) is 80.0 cm³/mol. The topological polar surface area (TPSA) is 51.2 Å². The number of benzene rings is 2. The molecular formula is C18H16O3. The first-order chi connectivity index (χ1) is 9.98. The van der Waals surface area contributed by atoms with Crippen molar-refractivity contribution in [3.63, 3.8) is 0 Å². The molecule has 0 aliphatic carbocycles. The van der Waals surface area contributed by atoms with E-state index in [2.05, 4.69) is 0 Å². The van der Waals surface area contributed by atoms with Gasteiger partial charge >= 0.3 is 0 Å². The van der Waals surface area contributed by atoms with Crippen LogP contribution in [0.1, 0.15) is 25.0 Å². The van der Waals surface area contributed by atoms with Crippen molar-refractivity contribution in [2.45, 2.75) is 19.3 Å². The second-order valence-electron chi connectivity index (χ2n) is 5.07. The molecule has 0 saturated heterocycles. The van der Waals surface area contributed by atoms with Gasteiger partial charge < -0.3 is 0 Å². The molecule has 0 aromatic heterocycles. The van der Waals surface area contributed by atoms with Crippen LogP contribution in [0.15, 0.2) is 60.7 Å². The van der Waals surface area contributed by atoms with Gasteiger partial charge in [-0.05, 0) is 18.1 Å². The zero-order chi connectivity index (χ0) is 15.5. The summed E-state index contributed by atoms with van der Waals surface area (Å²) in [4.78, 5) is 35.9. The van der Waals surface area contributed by atoms with Crippen LogP contribution in [0.5, 0.6) is 0 Å². The van der Waals surface area contributed by atoms with E-state index in [0.29, 0.717) is 11.1 Å². The summed E-state index contributed by atoms with van der Waals surface area (Å²) < 4.78 is 0. The van der Waals surface area contributed by atoms with Crippen molar-refractivity contribution < 1.29 is 14.4 Å². The van der Waals surface area contributed by atoms with Gasteiger partial charge in [-0.15, -0.1) is 0 Å². The summed E-state index contributed by atoms with van der Waals surface area (Å²) in [5.74, 6) is -2.41. The lowest BCUT2D eigenvalue weighted by Gasteiger charge is -2.28. The minimum absolute atomic E-state index is 0.691. The molecule has 0 heterocycles. The number of carbonyl (C=O) groups is 3. The summed E-state index contributed by atoms with van der Waals surface area (Å²) in [6.07, 6.45) is 0. The van der Waals surface area contributed by atoms with Crippen molar-refractivity contribution in [2.75, 3.05) is 0 Å². The van der Waals surface area contributed by atoms with Crippen molar-refractivity contribution in [3.8, 4) is 0 Å². The SMILES string of the molecule is CC(=O)C(=O)C(=O)C(C)(c1ccccc1)c1ccccc1. The first-order valence-corrected chi connectivity index (χ1v) is 6.68. The smallest absolute Gasteiger partial charge is 0.265 e. The Morgan fingerprint density at radius 3 is 1.48 bits per heavy atom. The van der Waals surface area contributed by atoms with E-state index in [9.17, 15) is 14.4 Å². The molecule has 0 aliphatic rings. The Morgan fingerprint density at radius 1 is 0.762 bits per heavy atom. The molecule has 2 rings (SSSR count). The van der Waals surface area contributed by atoms with Crippen LogP contribution in [0.25, 0.3) is 0 Å². The van der Waals surface area contributed by atoms with Crippen molar-refractivity contribution in [1.82, 2.24) is 0 Å². The van der Waals surface area contributed by atoms with Crippen molar-refractivity contribution >= 4 is 17.3 Å². The van der Waals surface area contributed by atoms with Crippen LogP contribution in [-0.2, 0) is 19.8 Å². The summed E-state index contributed by atoms with van der Waals surface area (Å²) in [6, 6.07) is 18.1. The van der Waals surface area contributed by atoms with Gasteiger partial charge in [0, 0.05) is 6.92 Å². The van der Waals surface area contributed by atoms with Gasteiger partial charge in [-0.25, -0.2) is 0 Å². The molecule has 0 saturated carbocycles. The third-order valence-corrected chi connectivity index (χ3v) is 3.68. The van der Waals surface area contributed by atoms with E-state index in [-0.39, 0.29) is 0 Å². The van der Waals surface area contributed by atoms with Crippen LogP contribution in [0.2, 0.25) is 0 Å². The Morgan fingerprint density at radius 2 is 1.14 bits per heavy atom. The highest BCUT2D eigenvalue weighted by Crippen LogP contribution is 2.33. The van der Waals surface area contributed by atoms with E-state index < -0.39 is 22.8 Å². The van der Waals surface area contributed by atoms with Gasteiger partial charge in [-0.1, -0.05) is 60.7 Å². The second-order valence-corrected chi connectivity index (χ2v) is 5.07. The van der Waals surface area contributed by atoms with Crippen LogP contribution in [0.3, 0.4) is 0 Å². The van der Waals surface area contributed by atoms with Gasteiger partial charge in [0.1, 0.15) is 0 Å². The number of hydrogen-bond acceptors (Lipinski definition) is 3. The number of Topliss-reactive ketones (excluding diaryl/α,β-unsaturated/α-hetero) is 3. The van der Waals surface area contributed by atoms with Gasteiger partial charge in [0.05, 0.1) is 5.41 Å². The van der Waals surface area contributed by atoms with E-state index >= 15 is 0 Å². The largest absolute Gasteiger partial charge is 0.291 e. The summed E-state index contributed by atoms with van der Waals surface area (Å²) in [6.45, 7) is 2.80. The highest BCUT2D eigenvalue weighted by Gasteiger charge is 2.41. The molecule has 2 aromatic rings. The van der Waals surface area contributed by atoms with Crippen molar-refractivity contribution in [2.24, 2.45) is 0 Å². The maximum atomic E-state index is 12.6. The van der Waals surface area contributed by atoms with Crippen molar-refractivity contribution in [3.05, 3.63) is 71.8 Å². The Labute approximate surface area is 123 Å². The van der Waals surface area contributed by atoms with Gasteiger partial charge in [0.2, 0.25) is 11.6 Å². The highest BCUT2D eigenvalue weighted by molar-refractivity contribution is 6.65. The van der Waals surface area contributed by atoms with E-state index in [4.69, 9.17) is 0 Å². The fraction of sp³-hybridized carbons (Fsp3) is 0.167. The molecule has 3 heteroatoms. The first kappa shape index (κ1) is 14.9. The molecule has 0 spiro atoms. The van der Waals surface area contributed by atoms with E-state index in [0.717, 1.165) is 6.92 Å². The number of hydrogen-bond donors (Lipinski definition) is 0. The molecule has 0 atom stereocenters. The lowest BCUT2D eigenvalue weighted by molar-refractivity contribution is -0.144. The van der Waals surface area contributed by atoms with Gasteiger partial charge in [-0.2, -0.15) is 0 Å². The third-order valence-electron chi connectivity index (χ3n) is 3.68. The average molecular weight is 280 g/mol. The van der Waals surface area contributed by atoms with Crippen LogP contribution < -0.4 is 0 Å². The van der Waals surface area contributed by atoms with Gasteiger partial charge in [-0.3, -0.25) is 14.4 Å². The molecule has 0 N–H and O–H groups in total. The molecule has 0 unspecified atom stereocenters. The van der Waals surface area contributed by atoms with Gasteiger partial charge in [0.15, 0.2) is 0 Å². The molecule has 0 aliphatic heterocycles. The zero-order valence-corrected chi connectivity index (χ0v) is 12.0. The van der Waals surface area contributed by atoms with E-state index in [1.165, 1.54) is 0 Å². The lowest BCUT2D eigenvalue weighted by atomic mass is 9.71. The molecule has 0 amide bonds. The highest BCUT2D eigenvalue weighted by atomic mass is 16.2. The molecule has 0 radical (unpaired) electrons. The Bertz CT molecular complexity index is 633. The van der Waals surface area contributed by atoms with Crippen LogP contribution in [-0.4, -0.2) is 17.3 Å². The first-order valence-electron chi connectivity index (χ1n) is 6.68. The number of ketones is 3. The number of carbonyl (C=O) groups excluding carboxylic acids is 3. The van der Waals surface area contributed by atoms with E-state index in [1.807, 2.05) is 36.4 Å². The zero-order valence-electron chi connectivity index (χ0n) is 12.0. The molecular weight excluding hydrogens is 264 g/mol. The summed E-state index contributed by atoms with van der Waals surface area (Å²) >= 11 is 0. The van der Waals surface area contributed by atoms with E-state index in [1.54, 1.807) is 31.2 Å². The van der Waals surface area contributed by atoms with Gasteiger partial charge in [0.25, 0.3) is 5.78 Å². The quantitative estimate of drug-likeness (QED) is 0.625. The Balaban J connectivity index is 2.63. The minimum Gasteiger partial charge on any atom is -0.291 e. The normalized spacial score (nSPS) is 11.0. The fourth-order valence-electron chi connectivity index (χ4n) is 2.36. The summed E-state index contributed by atoms with van der Waals surface area (Å²) in [5.41, 5.74) is 0.220. The Kier molecular flexibility index (Phi) is 4.13. The second kappa shape index (κ2) is 5.83. The predicted octanol–water partition coefficient (Wildman–Crippen LogP) is 2.72. The molecule has 106 valence electrons. The standard InChI is InChI=1S/C18H16O3/c1-13(19)16(20)17(21)18(2,14-9-5-3-6-10-14)15-11-7-4-8-12-15/h3-12H,1-2H3.